The number of nitrogens with zero attached hydrogens (tertiary/aromatic N) is 1. The molecule has 0 saturated carbocycles. The first kappa shape index (κ1) is 21.0. The summed E-state index contributed by atoms with van der Waals surface area (Å²) >= 11 is 0. The van der Waals surface area contributed by atoms with E-state index in [1.54, 1.807) is 29.8 Å². The van der Waals surface area contributed by atoms with Gasteiger partial charge in [0.1, 0.15) is 6.29 Å². The van der Waals surface area contributed by atoms with Crippen LogP contribution in [0.15, 0.2) is 24.4 Å². The molecule has 0 spiro atoms. The van der Waals surface area contributed by atoms with Crippen molar-refractivity contribution in [2.45, 2.75) is 58.8 Å². The molecule has 29 heavy (non-hydrogen) atoms. The fourth-order valence-corrected chi connectivity index (χ4v) is 4.18. The third-order valence-electron chi connectivity index (χ3n) is 5.59. The van der Waals surface area contributed by atoms with Crippen LogP contribution in [0.3, 0.4) is 0 Å². The number of ether oxygens (including phenoxy) is 1. The highest BCUT2D eigenvalue weighted by Crippen LogP contribution is 2.43. The van der Waals surface area contributed by atoms with Gasteiger partial charge in [0.05, 0.1) is 12.1 Å². The highest BCUT2D eigenvalue weighted by molar-refractivity contribution is 6.14. The monoisotopic (exact) mass is 397 g/mol. The molecule has 0 fully saturated rings. The zero-order valence-corrected chi connectivity index (χ0v) is 17.4. The van der Waals surface area contributed by atoms with Crippen molar-refractivity contribution in [1.82, 2.24) is 4.57 Å². The molecule has 1 unspecified atom stereocenters. The average Bonchev–Trinajstić information content (AvgIpc) is 2.99. The van der Waals surface area contributed by atoms with Gasteiger partial charge in [-0.3, -0.25) is 19.0 Å². The lowest BCUT2D eigenvalue weighted by atomic mass is 9.72. The number of esters is 1. The molecular formula is C23H27NO5. The molecule has 154 valence electrons. The molecule has 1 aromatic carbocycles. The highest BCUT2D eigenvalue weighted by Gasteiger charge is 2.50. The van der Waals surface area contributed by atoms with E-state index in [2.05, 4.69) is 0 Å². The maximum absolute atomic E-state index is 13.3. The van der Waals surface area contributed by atoms with Crippen LogP contribution in [0.1, 0.15) is 62.9 Å². The Labute approximate surface area is 170 Å². The Kier molecular flexibility index (Phi) is 5.48. The summed E-state index contributed by atoms with van der Waals surface area (Å²) in [5.41, 5.74) is -0.0490. The molecule has 0 N–H and O–H groups in total. The second kappa shape index (κ2) is 7.58. The van der Waals surface area contributed by atoms with Crippen LogP contribution in [-0.2, 0) is 31.0 Å². The van der Waals surface area contributed by atoms with Gasteiger partial charge < -0.3 is 9.53 Å². The molecule has 2 aromatic rings. The van der Waals surface area contributed by atoms with E-state index in [1.807, 2.05) is 26.8 Å². The molecule has 1 heterocycles. The van der Waals surface area contributed by atoms with Crippen LogP contribution < -0.4 is 0 Å². The topological polar surface area (TPSA) is 82.4 Å². The predicted molar refractivity (Wildman–Crippen MR) is 109 cm³/mol. The van der Waals surface area contributed by atoms with E-state index >= 15 is 0 Å². The average molecular weight is 397 g/mol. The first-order valence-corrected chi connectivity index (χ1v) is 10.0. The van der Waals surface area contributed by atoms with Crippen molar-refractivity contribution in [3.63, 3.8) is 0 Å². The first-order chi connectivity index (χ1) is 13.7. The third kappa shape index (κ3) is 3.30. The molecular weight excluding hydrogens is 370 g/mol. The Morgan fingerprint density at radius 1 is 1.24 bits per heavy atom. The van der Waals surface area contributed by atoms with Gasteiger partial charge in [-0.1, -0.05) is 32.9 Å². The summed E-state index contributed by atoms with van der Waals surface area (Å²) in [5, 5.41) is 0.745. The Balaban J connectivity index is 2.34. The molecule has 0 bridgehead atoms. The normalized spacial score (nSPS) is 19.1. The largest absolute Gasteiger partial charge is 0.465 e. The lowest BCUT2D eigenvalue weighted by Crippen LogP contribution is -2.45. The fourth-order valence-electron chi connectivity index (χ4n) is 4.18. The zero-order chi connectivity index (χ0) is 21.4. The van der Waals surface area contributed by atoms with Crippen molar-refractivity contribution in [3.8, 4) is 0 Å². The molecule has 1 aromatic heterocycles. The summed E-state index contributed by atoms with van der Waals surface area (Å²) in [6.45, 7) is 7.39. The van der Waals surface area contributed by atoms with Crippen LogP contribution in [0, 0.1) is 5.41 Å². The summed E-state index contributed by atoms with van der Waals surface area (Å²) in [7, 11) is 0. The van der Waals surface area contributed by atoms with Gasteiger partial charge >= 0.3 is 5.97 Å². The molecule has 0 amide bonds. The predicted octanol–water partition coefficient (Wildman–Crippen LogP) is 3.62. The number of rotatable bonds is 5. The van der Waals surface area contributed by atoms with Crippen molar-refractivity contribution in [3.05, 3.63) is 35.5 Å². The van der Waals surface area contributed by atoms with Gasteiger partial charge in [0.25, 0.3) is 0 Å². The summed E-state index contributed by atoms with van der Waals surface area (Å²) in [6.07, 6.45) is 3.21. The van der Waals surface area contributed by atoms with E-state index in [1.165, 1.54) is 0 Å². The third-order valence-corrected chi connectivity index (χ3v) is 5.59. The van der Waals surface area contributed by atoms with Crippen molar-refractivity contribution in [2.24, 2.45) is 5.41 Å². The number of Topliss-reactive ketones (excluding diaryl/α,β-unsaturated/α-hetero) is 1. The van der Waals surface area contributed by atoms with Gasteiger partial charge in [-0.2, -0.15) is 0 Å². The van der Waals surface area contributed by atoms with Crippen LogP contribution in [0.4, 0.5) is 0 Å². The van der Waals surface area contributed by atoms with Gasteiger partial charge in [-0.05, 0) is 37.0 Å². The van der Waals surface area contributed by atoms with Crippen LogP contribution in [0.25, 0.3) is 10.9 Å². The first-order valence-electron chi connectivity index (χ1n) is 10.0. The smallest absolute Gasteiger partial charge is 0.324 e. The van der Waals surface area contributed by atoms with E-state index in [-0.39, 0.29) is 37.6 Å². The Bertz CT molecular complexity index is 995. The Morgan fingerprint density at radius 3 is 2.59 bits per heavy atom. The van der Waals surface area contributed by atoms with Gasteiger partial charge in [-0.25, -0.2) is 0 Å². The number of hydrogen-bond donors (Lipinski definition) is 0. The van der Waals surface area contributed by atoms with Gasteiger partial charge in [-0.15, -0.1) is 0 Å². The number of benzene rings is 1. The van der Waals surface area contributed by atoms with Gasteiger partial charge in [0.2, 0.25) is 5.91 Å². The van der Waals surface area contributed by atoms with Crippen LogP contribution in [0.2, 0.25) is 0 Å². The SMILES string of the molecule is CCOC(=O)C1(CCC=O)C(=O)CCc2cn(C(=O)C(C)(C)C)c3cccc1c23. The number of aryl methyl sites for hydroxylation is 1. The lowest BCUT2D eigenvalue weighted by molar-refractivity contribution is -0.154. The summed E-state index contributed by atoms with van der Waals surface area (Å²) in [6, 6.07) is 5.33. The summed E-state index contributed by atoms with van der Waals surface area (Å²) < 4.78 is 6.94. The van der Waals surface area contributed by atoms with Crippen molar-refractivity contribution >= 4 is 34.8 Å². The van der Waals surface area contributed by atoms with E-state index in [0.717, 1.165) is 10.9 Å². The number of ketones is 1. The highest BCUT2D eigenvalue weighted by atomic mass is 16.5. The Hall–Kier alpha value is -2.76. The molecule has 1 aliphatic rings. The Morgan fingerprint density at radius 2 is 1.97 bits per heavy atom. The van der Waals surface area contributed by atoms with Crippen molar-refractivity contribution < 1.29 is 23.9 Å². The summed E-state index contributed by atoms with van der Waals surface area (Å²) in [5.74, 6) is -0.926. The summed E-state index contributed by atoms with van der Waals surface area (Å²) in [4.78, 5) is 50.5. The van der Waals surface area contributed by atoms with E-state index in [0.29, 0.717) is 23.8 Å². The quantitative estimate of drug-likeness (QED) is 0.437. The number of aldehydes is 1. The van der Waals surface area contributed by atoms with E-state index in [9.17, 15) is 19.2 Å². The van der Waals surface area contributed by atoms with Crippen LogP contribution in [0.5, 0.6) is 0 Å². The van der Waals surface area contributed by atoms with Gasteiger partial charge in [0, 0.05) is 29.8 Å². The fraction of sp³-hybridized carbons (Fsp3) is 0.478. The second-order valence-electron chi connectivity index (χ2n) is 8.53. The maximum Gasteiger partial charge on any atom is 0.324 e. The van der Waals surface area contributed by atoms with E-state index in [4.69, 9.17) is 4.74 Å². The lowest BCUT2D eigenvalue weighted by Gasteiger charge is -2.30. The second-order valence-corrected chi connectivity index (χ2v) is 8.53. The van der Waals surface area contributed by atoms with Gasteiger partial charge in [0.15, 0.2) is 11.2 Å². The van der Waals surface area contributed by atoms with Crippen LogP contribution in [-0.4, -0.2) is 35.1 Å². The number of carbonyl (C=O) groups excluding carboxylic acids is 4. The molecule has 0 radical (unpaired) electrons. The molecule has 6 nitrogen and oxygen atoms in total. The van der Waals surface area contributed by atoms with Crippen molar-refractivity contribution in [1.29, 1.82) is 0 Å². The molecule has 1 aliphatic carbocycles. The number of carbonyl (C=O) groups is 4. The number of hydrogen-bond acceptors (Lipinski definition) is 5. The standard InChI is InChI=1S/C23H27NO5/c1-5-29-21(28)23(12-7-13-25)16-8-6-9-17-19(16)15(10-11-18(23)26)14-24(17)20(27)22(2,3)4/h6,8-9,13-14H,5,7,10-12H2,1-4H3. The van der Waals surface area contributed by atoms with Crippen molar-refractivity contribution in [2.75, 3.05) is 6.61 Å². The molecule has 0 aliphatic heterocycles. The molecule has 1 atom stereocenters. The molecule has 3 rings (SSSR count). The van der Waals surface area contributed by atoms with E-state index < -0.39 is 16.8 Å². The zero-order valence-electron chi connectivity index (χ0n) is 17.4. The minimum atomic E-state index is -1.53. The number of aromatic nitrogens is 1. The minimum Gasteiger partial charge on any atom is -0.465 e. The maximum atomic E-state index is 13.3. The molecule has 6 heteroatoms. The van der Waals surface area contributed by atoms with Crippen LogP contribution >= 0.6 is 0 Å². The molecule has 0 saturated heterocycles. The minimum absolute atomic E-state index is 0.0606.